The number of nitrogens with zero attached hydrogens (tertiary/aromatic N) is 3. The Morgan fingerprint density at radius 1 is 1.20 bits per heavy atom. The highest BCUT2D eigenvalue weighted by Gasteiger charge is 2.16. The Morgan fingerprint density at radius 3 is 2.60 bits per heavy atom. The number of aliphatic hydroxyl groups excluding tert-OH is 1. The molecule has 20 heavy (non-hydrogen) atoms. The van der Waals surface area contributed by atoms with Gasteiger partial charge in [0.1, 0.15) is 22.9 Å². The van der Waals surface area contributed by atoms with Gasteiger partial charge in [0, 0.05) is 13.2 Å². The van der Waals surface area contributed by atoms with Crippen LogP contribution >= 0.6 is 0 Å². The molecule has 0 saturated heterocycles. The van der Waals surface area contributed by atoms with Crippen molar-refractivity contribution in [2.75, 3.05) is 21.3 Å². The molecule has 0 amide bonds. The highest BCUT2D eigenvalue weighted by atomic mass is 16.5. The average molecular weight is 279 g/mol. The summed E-state index contributed by atoms with van der Waals surface area (Å²) in [6.45, 7) is 0.0925. The van der Waals surface area contributed by atoms with Gasteiger partial charge in [0.05, 0.1) is 33.1 Å². The van der Waals surface area contributed by atoms with Crippen LogP contribution in [-0.4, -0.2) is 41.4 Å². The normalized spacial score (nSPS) is 10.6. The van der Waals surface area contributed by atoms with Gasteiger partial charge in [-0.25, -0.2) is 4.68 Å². The first kappa shape index (κ1) is 14.3. The lowest BCUT2D eigenvalue weighted by Gasteiger charge is -2.12. The molecule has 0 spiro atoms. The lowest BCUT2D eigenvalue weighted by atomic mass is 10.2. The van der Waals surface area contributed by atoms with Gasteiger partial charge in [-0.2, -0.15) is 0 Å². The third kappa shape index (κ3) is 2.59. The van der Waals surface area contributed by atoms with Gasteiger partial charge in [0.25, 0.3) is 0 Å². The summed E-state index contributed by atoms with van der Waals surface area (Å²) in [4.78, 5) is 0. The number of benzene rings is 1. The smallest absolute Gasteiger partial charge is 0.148 e. The van der Waals surface area contributed by atoms with Gasteiger partial charge in [0.2, 0.25) is 0 Å². The van der Waals surface area contributed by atoms with Crippen molar-refractivity contribution < 1.29 is 19.3 Å². The zero-order valence-electron chi connectivity index (χ0n) is 11.7. The number of hydrogen-bond acceptors (Lipinski definition) is 6. The third-order valence-corrected chi connectivity index (χ3v) is 2.89. The van der Waals surface area contributed by atoms with E-state index >= 15 is 0 Å². The number of rotatable bonds is 6. The van der Waals surface area contributed by atoms with Crippen molar-refractivity contribution in [3.63, 3.8) is 0 Å². The first-order chi connectivity index (χ1) is 9.74. The number of methoxy groups -OCH3 is 3. The Balaban J connectivity index is 2.53. The lowest BCUT2D eigenvalue weighted by Crippen LogP contribution is -2.07. The van der Waals surface area contributed by atoms with Crippen molar-refractivity contribution in [3.8, 4) is 17.2 Å². The molecule has 1 aromatic carbocycles. The summed E-state index contributed by atoms with van der Waals surface area (Å²) in [5.41, 5.74) is 1.86. The van der Waals surface area contributed by atoms with E-state index in [1.54, 1.807) is 38.1 Å². The first-order valence-corrected chi connectivity index (χ1v) is 6.00. The zero-order chi connectivity index (χ0) is 14.5. The predicted molar refractivity (Wildman–Crippen MR) is 71.1 cm³/mol. The molecule has 7 heteroatoms. The number of hydrogen-bond donors (Lipinski definition) is 1. The molecule has 0 saturated carbocycles. The van der Waals surface area contributed by atoms with Crippen molar-refractivity contribution in [2.45, 2.75) is 13.2 Å². The predicted octanol–water partition coefficient (Wildman–Crippen LogP) is 0.923. The van der Waals surface area contributed by atoms with Crippen LogP contribution in [0.2, 0.25) is 0 Å². The summed E-state index contributed by atoms with van der Waals surface area (Å²) in [7, 11) is 4.73. The van der Waals surface area contributed by atoms with Crippen LogP contribution in [0.4, 0.5) is 0 Å². The Labute approximate surface area is 116 Å². The number of aromatic nitrogens is 3. The maximum absolute atomic E-state index is 9.29. The molecule has 1 N–H and O–H groups in total. The minimum absolute atomic E-state index is 0.197. The molecule has 0 atom stereocenters. The van der Waals surface area contributed by atoms with Crippen LogP contribution in [0.15, 0.2) is 18.2 Å². The number of ether oxygens (including phenoxy) is 3. The van der Waals surface area contributed by atoms with Gasteiger partial charge in [-0.1, -0.05) is 5.21 Å². The van der Waals surface area contributed by atoms with E-state index in [4.69, 9.17) is 14.2 Å². The van der Waals surface area contributed by atoms with Crippen LogP contribution < -0.4 is 9.47 Å². The van der Waals surface area contributed by atoms with Crippen molar-refractivity contribution in [1.82, 2.24) is 15.0 Å². The minimum Gasteiger partial charge on any atom is -0.497 e. The van der Waals surface area contributed by atoms with Crippen LogP contribution in [0.1, 0.15) is 11.4 Å². The minimum atomic E-state index is -0.197. The lowest BCUT2D eigenvalue weighted by molar-refractivity contribution is 0.175. The van der Waals surface area contributed by atoms with E-state index in [2.05, 4.69) is 10.3 Å². The largest absolute Gasteiger partial charge is 0.497 e. The third-order valence-electron chi connectivity index (χ3n) is 2.89. The fourth-order valence-electron chi connectivity index (χ4n) is 1.89. The Kier molecular flexibility index (Phi) is 4.54. The average Bonchev–Trinajstić information content (AvgIpc) is 2.89. The summed E-state index contributed by atoms with van der Waals surface area (Å²) in [6, 6.07) is 5.37. The van der Waals surface area contributed by atoms with Crippen LogP contribution in [0.5, 0.6) is 11.5 Å². The molecule has 0 unspecified atom stereocenters. The molecule has 2 aromatic rings. The molecule has 108 valence electrons. The Hall–Kier alpha value is -2.12. The van der Waals surface area contributed by atoms with Gasteiger partial charge >= 0.3 is 0 Å². The van der Waals surface area contributed by atoms with Gasteiger partial charge < -0.3 is 19.3 Å². The second-order valence-electron chi connectivity index (χ2n) is 4.02. The summed E-state index contributed by atoms with van der Waals surface area (Å²) in [5.74, 6) is 1.28. The van der Waals surface area contributed by atoms with E-state index in [1.165, 1.54) is 0 Å². The highest BCUT2D eigenvalue weighted by molar-refractivity contribution is 5.51. The SMILES string of the molecule is COCc1c(CO)nnn1-c1ccc(OC)cc1OC. The zero-order valence-corrected chi connectivity index (χ0v) is 11.7. The second-order valence-corrected chi connectivity index (χ2v) is 4.02. The van der Waals surface area contributed by atoms with Crippen LogP contribution in [0.25, 0.3) is 5.69 Å². The topological polar surface area (TPSA) is 78.6 Å². The van der Waals surface area contributed by atoms with Crippen molar-refractivity contribution >= 4 is 0 Å². The van der Waals surface area contributed by atoms with Crippen LogP contribution in [0.3, 0.4) is 0 Å². The van der Waals surface area contributed by atoms with E-state index in [0.29, 0.717) is 28.6 Å². The summed E-state index contributed by atoms with van der Waals surface area (Å²) in [6.07, 6.45) is 0. The molecule has 0 aliphatic carbocycles. The van der Waals surface area contributed by atoms with Crippen LogP contribution in [-0.2, 0) is 18.0 Å². The number of aliphatic hydroxyl groups is 1. The Morgan fingerprint density at radius 2 is 2.00 bits per heavy atom. The molecule has 1 heterocycles. The van der Waals surface area contributed by atoms with Gasteiger partial charge in [-0.05, 0) is 12.1 Å². The molecular formula is C13H17N3O4. The molecule has 0 bridgehead atoms. The molecule has 0 fully saturated rings. The monoisotopic (exact) mass is 279 g/mol. The summed E-state index contributed by atoms with van der Waals surface area (Å²) < 4.78 is 17.2. The molecular weight excluding hydrogens is 262 g/mol. The molecule has 0 aliphatic rings. The van der Waals surface area contributed by atoms with Gasteiger partial charge in [-0.15, -0.1) is 5.10 Å². The molecule has 1 aromatic heterocycles. The second kappa shape index (κ2) is 6.36. The van der Waals surface area contributed by atoms with E-state index in [0.717, 1.165) is 0 Å². The highest BCUT2D eigenvalue weighted by Crippen LogP contribution is 2.28. The molecule has 2 rings (SSSR count). The van der Waals surface area contributed by atoms with E-state index in [1.807, 2.05) is 6.07 Å². The maximum atomic E-state index is 9.29. The van der Waals surface area contributed by atoms with Crippen molar-refractivity contribution in [2.24, 2.45) is 0 Å². The van der Waals surface area contributed by atoms with Crippen LogP contribution in [0, 0.1) is 0 Å². The standard InChI is InChI=1S/C13H17N3O4/c1-18-8-12-10(7-17)14-15-16(12)11-5-4-9(19-2)6-13(11)20-3/h4-6,17H,7-8H2,1-3H3. The summed E-state index contributed by atoms with van der Waals surface area (Å²) >= 11 is 0. The molecule has 0 radical (unpaired) electrons. The summed E-state index contributed by atoms with van der Waals surface area (Å²) in [5, 5.41) is 17.3. The molecule has 7 nitrogen and oxygen atoms in total. The van der Waals surface area contributed by atoms with E-state index in [-0.39, 0.29) is 13.2 Å². The fraction of sp³-hybridized carbons (Fsp3) is 0.385. The first-order valence-electron chi connectivity index (χ1n) is 6.00. The van der Waals surface area contributed by atoms with E-state index in [9.17, 15) is 5.11 Å². The van der Waals surface area contributed by atoms with Crippen molar-refractivity contribution in [3.05, 3.63) is 29.6 Å². The Bertz CT molecular complexity index is 583. The van der Waals surface area contributed by atoms with E-state index < -0.39 is 0 Å². The van der Waals surface area contributed by atoms with Gasteiger partial charge in [-0.3, -0.25) is 0 Å². The van der Waals surface area contributed by atoms with Crippen molar-refractivity contribution in [1.29, 1.82) is 0 Å². The fourth-order valence-corrected chi connectivity index (χ4v) is 1.89. The quantitative estimate of drug-likeness (QED) is 0.847. The molecule has 0 aliphatic heterocycles. The maximum Gasteiger partial charge on any atom is 0.148 e. The van der Waals surface area contributed by atoms with Gasteiger partial charge in [0.15, 0.2) is 0 Å².